The third kappa shape index (κ3) is 1.84. The summed E-state index contributed by atoms with van der Waals surface area (Å²) >= 11 is 0. The summed E-state index contributed by atoms with van der Waals surface area (Å²) in [6, 6.07) is 3.01. The lowest BCUT2D eigenvalue weighted by atomic mass is 10.1. The van der Waals surface area contributed by atoms with Crippen molar-refractivity contribution in [3.05, 3.63) is 29.1 Å². The van der Waals surface area contributed by atoms with Crippen molar-refractivity contribution in [3.8, 4) is 0 Å². The first-order valence-electron chi connectivity index (χ1n) is 4.29. The van der Waals surface area contributed by atoms with Gasteiger partial charge in [-0.15, -0.1) is 0 Å². The molecule has 0 bridgehead atoms. The smallest absolute Gasteiger partial charge is 0.343 e. The number of ether oxygens (including phenoxy) is 1. The molecule has 0 aliphatic heterocycles. The van der Waals surface area contributed by atoms with Crippen molar-refractivity contribution in [2.75, 3.05) is 12.3 Å². The second-order valence-electron chi connectivity index (χ2n) is 2.88. The number of halogens is 1. The number of nitrogens with two attached hydrogens (primary N) is 1. The lowest BCUT2D eigenvalue weighted by Crippen LogP contribution is -2.11. The number of rotatable bonds is 2. The van der Waals surface area contributed by atoms with Gasteiger partial charge in [-0.25, -0.2) is 9.18 Å². The monoisotopic (exact) mass is 197 g/mol. The Morgan fingerprint density at radius 2 is 2.21 bits per heavy atom. The van der Waals surface area contributed by atoms with Crippen LogP contribution in [0.3, 0.4) is 0 Å². The number of benzene rings is 1. The molecule has 0 spiro atoms. The molecule has 0 aliphatic rings. The van der Waals surface area contributed by atoms with Gasteiger partial charge in [-0.2, -0.15) is 0 Å². The van der Waals surface area contributed by atoms with Crippen molar-refractivity contribution in [2.45, 2.75) is 13.8 Å². The van der Waals surface area contributed by atoms with E-state index in [-0.39, 0.29) is 17.9 Å². The predicted octanol–water partition coefficient (Wildman–Crippen LogP) is 1.89. The zero-order valence-corrected chi connectivity index (χ0v) is 8.13. The third-order valence-electron chi connectivity index (χ3n) is 1.85. The Morgan fingerprint density at radius 1 is 1.57 bits per heavy atom. The Hall–Kier alpha value is -1.58. The van der Waals surface area contributed by atoms with Crippen LogP contribution < -0.4 is 5.73 Å². The van der Waals surface area contributed by atoms with E-state index in [0.29, 0.717) is 5.56 Å². The van der Waals surface area contributed by atoms with Gasteiger partial charge in [0.05, 0.1) is 6.61 Å². The van der Waals surface area contributed by atoms with Crippen LogP contribution in [0.25, 0.3) is 0 Å². The third-order valence-corrected chi connectivity index (χ3v) is 1.85. The minimum Gasteiger partial charge on any atom is -0.462 e. The second kappa shape index (κ2) is 4.09. The van der Waals surface area contributed by atoms with E-state index in [0.717, 1.165) is 0 Å². The van der Waals surface area contributed by atoms with Gasteiger partial charge in [0.1, 0.15) is 11.4 Å². The predicted molar refractivity (Wildman–Crippen MR) is 51.5 cm³/mol. The number of anilines is 1. The molecule has 76 valence electrons. The van der Waals surface area contributed by atoms with E-state index in [1.807, 2.05) is 0 Å². The van der Waals surface area contributed by atoms with E-state index in [2.05, 4.69) is 4.74 Å². The summed E-state index contributed by atoms with van der Waals surface area (Å²) in [6.45, 7) is 3.42. The van der Waals surface area contributed by atoms with Gasteiger partial charge in [0.2, 0.25) is 0 Å². The summed E-state index contributed by atoms with van der Waals surface area (Å²) in [6.07, 6.45) is 0. The molecule has 0 fully saturated rings. The number of carbonyl (C=O) groups excluding carboxylic acids is 1. The van der Waals surface area contributed by atoms with E-state index in [1.54, 1.807) is 13.8 Å². The quantitative estimate of drug-likeness (QED) is 0.581. The minimum atomic E-state index is -0.716. The molecule has 14 heavy (non-hydrogen) atoms. The zero-order valence-electron chi connectivity index (χ0n) is 8.13. The summed E-state index contributed by atoms with van der Waals surface area (Å²) in [4.78, 5) is 11.3. The van der Waals surface area contributed by atoms with Crippen molar-refractivity contribution >= 4 is 11.7 Å². The van der Waals surface area contributed by atoms with E-state index < -0.39 is 11.8 Å². The summed E-state index contributed by atoms with van der Waals surface area (Å²) in [5, 5.41) is 0. The van der Waals surface area contributed by atoms with Crippen LogP contribution in [0.15, 0.2) is 12.1 Å². The van der Waals surface area contributed by atoms with Crippen LogP contribution in [0.2, 0.25) is 0 Å². The number of esters is 1. The van der Waals surface area contributed by atoms with Crippen molar-refractivity contribution in [1.29, 1.82) is 0 Å². The van der Waals surface area contributed by atoms with Crippen LogP contribution in [0, 0.1) is 12.7 Å². The van der Waals surface area contributed by atoms with Crippen molar-refractivity contribution in [2.24, 2.45) is 0 Å². The maximum atomic E-state index is 13.5. The largest absolute Gasteiger partial charge is 0.462 e. The highest BCUT2D eigenvalue weighted by Crippen LogP contribution is 2.20. The molecule has 0 atom stereocenters. The molecule has 2 N–H and O–H groups in total. The molecule has 0 aliphatic carbocycles. The highest BCUT2D eigenvalue weighted by molar-refractivity contribution is 5.95. The van der Waals surface area contributed by atoms with Gasteiger partial charge < -0.3 is 10.5 Å². The summed E-state index contributed by atoms with van der Waals surface area (Å²) < 4.78 is 18.1. The fraction of sp³-hybridized carbons (Fsp3) is 0.300. The molecule has 0 unspecified atom stereocenters. The highest BCUT2D eigenvalue weighted by Gasteiger charge is 2.17. The van der Waals surface area contributed by atoms with Crippen molar-refractivity contribution in [1.82, 2.24) is 0 Å². The molecule has 0 aromatic heterocycles. The molecular weight excluding hydrogens is 185 g/mol. The SMILES string of the molecule is CCOC(=O)c1c(N)ccc(C)c1F. The summed E-state index contributed by atoms with van der Waals surface area (Å²) in [5.41, 5.74) is 5.79. The van der Waals surface area contributed by atoms with E-state index in [4.69, 9.17) is 5.73 Å². The van der Waals surface area contributed by atoms with Gasteiger partial charge in [0, 0.05) is 5.69 Å². The lowest BCUT2D eigenvalue weighted by Gasteiger charge is -2.07. The van der Waals surface area contributed by atoms with Gasteiger partial charge in [-0.3, -0.25) is 0 Å². The van der Waals surface area contributed by atoms with Crippen molar-refractivity contribution < 1.29 is 13.9 Å². The number of aryl methyl sites for hydroxylation is 1. The fourth-order valence-corrected chi connectivity index (χ4v) is 1.11. The van der Waals surface area contributed by atoms with Gasteiger partial charge in [-0.05, 0) is 25.5 Å². The molecule has 1 aromatic rings. The molecule has 1 rings (SSSR count). The average molecular weight is 197 g/mol. The number of hydrogen-bond donors (Lipinski definition) is 1. The molecule has 0 saturated carbocycles. The number of nitrogen functional groups attached to an aromatic ring is 1. The van der Waals surface area contributed by atoms with Crippen LogP contribution in [-0.2, 0) is 4.74 Å². The molecule has 3 nitrogen and oxygen atoms in total. The molecular formula is C10H12FNO2. The van der Waals surface area contributed by atoms with Crippen LogP contribution >= 0.6 is 0 Å². The number of hydrogen-bond acceptors (Lipinski definition) is 3. The molecule has 0 heterocycles. The first-order chi connectivity index (χ1) is 6.57. The maximum Gasteiger partial charge on any atom is 0.343 e. The Morgan fingerprint density at radius 3 is 2.79 bits per heavy atom. The molecule has 0 saturated heterocycles. The fourth-order valence-electron chi connectivity index (χ4n) is 1.11. The average Bonchev–Trinajstić information content (AvgIpc) is 2.13. The molecule has 0 radical (unpaired) electrons. The maximum absolute atomic E-state index is 13.5. The topological polar surface area (TPSA) is 52.3 Å². The standard InChI is InChI=1S/C10H12FNO2/c1-3-14-10(13)8-7(12)5-4-6(2)9(8)11/h4-5H,3,12H2,1-2H3. The Balaban J connectivity index is 3.18. The van der Waals surface area contributed by atoms with Crippen LogP contribution in [0.1, 0.15) is 22.8 Å². The normalized spacial score (nSPS) is 9.93. The Kier molecular flexibility index (Phi) is 3.06. The first kappa shape index (κ1) is 10.5. The van der Waals surface area contributed by atoms with Crippen LogP contribution in [-0.4, -0.2) is 12.6 Å². The Bertz CT molecular complexity index is 363. The van der Waals surface area contributed by atoms with Gasteiger partial charge in [-0.1, -0.05) is 6.07 Å². The van der Waals surface area contributed by atoms with Gasteiger partial charge >= 0.3 is 5.97 Å². The van der Waals surface area contributed by atoms with Crippen LogP contribution in [0.5, 0.6) is 0 Å². The molecule has 4 heteroatoms. The minimum absolute atomic E-state index is 0.103. The highest BCUT2D eigenvalue weighted by atomic mass is 19.1. The molecule has 1 aromatic carbocycles. The van der Waals surface area contributed by atoms with Crippen LogP contribution in [0.4, 0.5) is 10.1 Å². The second-order valence-corrected chi connectivity index (χ2v) is 2.88. The summed E-state index contributed by atoms with van der Waals surface area (Å²) in [7, 11) is 0. The van der Waals surface area contributed by atoms with E-state index >= 15 is 0 Å². The van der Waals surface area contributed by atoms with Crippen molar-refractivity contribution in [3.63, 3.8) is 0 Å². The van der Waals surface area contributed by atoms with E-state index in [1.165, 1.54) is 12.1 Å². The zero-order chi connectivity index (χ0) is 10.7. The lowest BCUT2D eigenvalue weighted by molar-refractivity contribution is 0.0522. The molecule has 0 amide bonds. The van der Waals surface area contributed by atoms with Gasteiger partial charge in [0.25, 0.3) is 0 Å². The Labute approximate surface area is 81.7 Å². The summed E-state index contributed by atoms with van der Waals surface area (Å²) in [5.74, 6) is -1.32. The van der Waals surface area contributed by atoms with Gasteiger partial charge in [0.15, 0.2) is 0 Å². The first-order valence-corrected chi connectivity index (χ1v) is 4.29. The van der Waals surface area contributed by atoms with E-state index in [9.17, 15) is 9.18 Å². The number of carbonyl (C=O) groups is 1.